The van der Waals surface area contributed by atoms with E-state index < -0.39 is 0 Å². The van der Waals surface area contributed by atoms with Crippen LogP contribution in [0.25, 0.3) is 10.9 Å². The number of fused-ring (bicyclic) bond motifs is 1. The van der Waals surface area contributed by atoms with Crippen LogP contribution < -0.4 is 10.1 Å². The maximum absolute atomic E-state index is 6.24. The number of aromatic amines is 1. The number of halogens is 1. The zero-order valence-electron chi connectivity index (χ0n) is 17.6. The average molecular weight is 446 g/mol. The van der Waals surface area contributed by atoms with Gasteiger partial charge in [-0.2, -0.15) is 0 Å². The van der Waals surface area contributed by atoms with Gasteiger partial charge in [0.05, 0.1) is 13.7 Å². The highest BCUT2D eigenvalue weighted by atomic mass is 35.5. The molecule has 2 N–H and O–H groups in total. The fourth-order valence-electron chi connectivity index (χ4n) is 3.59. The summed E-state index contributed by atoms with van der Waals surface area (Å²) in [5.74, 6) is 0.859. The van der Waals surface area contributed by atoms with Crippen molar-refractivity contribution in [1.29, 1.82) is 0 Å². The minimum Gasteiger partial charge on any atom is -0.496 e. The van der Waals surface area contributed by atoms with Crippen LogP contribution in [0.3, 0.4) is 0 Å². The number of methoxy groups -OCH3 is 2. The highest BCUT2D eigenvalue weighted by molar-refractivity contribution is 7.80. The summed E-state index contributed by atoms with van der Waals surface area (Å²) in [6, 6.07) is 14.0. The normalized spacial score (nSPS) is 10.9. The topological polar surface area (TPSA) is 49.5 Å². The van der Waals surface area contributed by atoms with E-state index >= 15 is 0 Å². The van der Waals surface area contributed by atoms with Gasteiger partial charge in [0, 0.05) is 53.9 Å². The molecule has 0 aliphatic rings. The van der Waals surface area contributed by atoms with E-state index in [1.807, 2.05) is 36.4 Å². The van der Waals surface area contributed by atoms with Gasteiger partial charge in [-0.25, -0.2) is 0 Å². The van der Waals surface area contributed by atoms with Crippen LogP contribution in [0.1, 0.15) is 16.8 Å². The number of nitrogens with one attached hydrogen (secondary N) is 2. The molecule has 0 aliphatic carbocycles. The van der Waals surface area contributed by atoms with Crippen molar-refractivity contribution in [3.8, 4) is 5.75 Å². The van der Waals surface area contributed by atoms with Crippen LogP contribution >= 0.6 is 23.8 Å². The lowest BCUT2D eigenvalue weighted by molar-refractivity contribution is 0.203. The second-order valence-electron chi connectivity index (χ2n) is 7.13. The average Bonchev–Trinajstić information content (AvgIpc) is 3.05. The van der Waals surface area contributed by atoms with Gasteiger partial charge in [0.25, 0.3) is 0 Å². The molecule has 0 bridgehead atoms. The molecular weight excluding hydrogens is 418 g/mol. The lowest BCUT2D eigenvalue weighted by atomic mass is 10.1. The first-order valence-electron chi connectivity index (χ1n) is 9.93. The van der Waals surface area contributed by atoms with Gasteiger partial charge in [0.15, 0.2) is 5.11 Å². The Bertz CT molecular complexity index is 1010. The summed E-state index contributed by atoms with van der Waals surface area (Å²) in [7, 11) is 3.37. The van der Waals surface area contributed by atoms with Gasteiger partial charge in [-0.1, -0.05) is 29.8 Å². The minimum absolute atomic E-state index is 0.600. The molecule has 0 radical (unpaired) electrons. The van der Waals surface area contributed by atoms with Gasteiger partial charge in [-0.3, -0.25) is 0 Å². The molecule has 3 aromatic rings. The van der Waals surface area contributed by atoms with Crippen molar-refractivity contribution >= 4 is 39.8 Å². The van der Waals surface area contributed by atoms with E-state index in [9.17, 15) is 0 Å². The molecule has 0 fully saturated rings. The van der Waals surface area contributed by atoms with Gasteiger partial charge >= 0.3 is 0 Å². The van der Waals surface area contributed by atoms with E-state index in [1.165, 1.54) is 5.56 Å². The number of aromatic nitrogens is 1. The largest absolute Gasteiger partial charge is 0.496 e. The van der Waals surface area contributed by atoms with Crippen molar-refractivity contribution in [1.82, 2.24) is 15.2 Å². The Morgan fingerprint density at radius 3 is 2.77 bits per heavy atom. The molecule has 1 aromatic heterocycles. The molecule has 30 heavy (non-hydrogen) atoms. The zero-order valence-corrected chi connectivity index (χ0v) is 19.2. The van der Waals surface area contributed by atoms with E-state index in [4.69, 9.17) is 33.3 Å². The van der Waals surface area contributed by atoms with Crippen LogP contribution in [0.15, 0.2) is 42.5 Å². The summed E-state index contributed by atoms with van der Waals surface area (Å²) < 4.78 is 10.7. The van der Waals surface area contributed by atoms with Crippen molar-refractivity contribution in [2.45, 2.75) is 19.9 Å². The monoisotopic (exact) mass is 445 g/mol. The molecule has 7 heteroatoms. The fourth-order valence-corrected chi connectivity index (χ4v) is 4.02. The third-order valence-electron chi connectivity index (χ3n) is 5.14. The molecule has 0 saturated carbocycles. The van der Waals surface area contributed by atoms with Crippen LogP contribution in [0.2, 0.25) is 5.02 Å². The van der Waals surface area contributed by atoms with Crippen LogP contribution in [0.4, 0.5) is 0 Å². The molecule has 160 valence electrons. The first kappa shape index (κ1) is 22.4. The van der Waals surface area contributed by atoms with Crippen LogP contribution in [-0.4, -0.2) is 48.9 Å². The van der Waals surface area contributed by atoms with E-state index in [2.05, 4.69) is 28.2 Å². The molecule has 0 aliphatic heterocycles. The second-order valence-corrected chi connectivity index (χ2v) is 7.95. The number of aryl methyl sites for hydroxylation is 1. The molecule has 3 rings (SSSR count). The van der Waals surface area contributed by atoms with Crippen LogP contribution in [0, 0.1) is 6.92 Å². The summed E-state index contributed by atoms with van der Waals surface area (Å²) >= 11 is 11.9. The van der Waals surface area contributed by atoms with Crippen LogP contribution in [-0.2, 0) is 17.7 Å². The highest BCUT2D eigenvalue weighted by Gasteiger charge is 2.16. The van der Waals surface area contributed by atoms with Gasteiger partial charge in [0.1, 0.15) is 5.75 Å². The Hall–Kier alpha value is -2.28. The maximum atomic E-state index is 6.24. The number of hydrogen-bond donors (Lipinski definition) is 2. The number of rotatable bonds is 9. The Balaban J connectivity index is 1.81. The first-order valence-corrected chi connectivity index (χ1v) is 10.7. The number of benzene rings is 2. The summed E-state index contributed by atoms with van der Waals surface area (Å²) in [6.07, 6.45) is 0.841. The first-order chi connectivity index (χ1) is 14.5. The van der Waals surface area contributed by atoms with Crippen molar-refractivity contribution in [3.63, 3.8) is 0 Å². The number of H-pyrrole nitrogens is 1. The standard InChI is InChI=1S/C23H28ClN3O2S/c1-16-19(20-14-18(24)8-9-21(20)26-16)10-12-27(23(30)25-11-13-28-2)15-17-6-4-5-7-22(17)29-3/h4-9,14,26H,10-13,15H2,1-3H3,(H,25,30). The molecular formula is C23H28ClN3O2S. The van der Waals surface area contributed by atoms with Crippen molar-refractivity contribution in [2.24, 2.45) is 0 Å². The van der Waals surface area contributed by atoms with Crippen LogP contribution in [0.5, 0.6) is 5.75 Å². The van der Waals surface area contributed by atoms with Gasteiger partial charge in [-0.05, 0) is 55.4 Å². The zero-order chi connectivity index (χ0) is 21.5. The lowest BCUT2D eigenvalue weighted by Crippen LogP contribution is -2.41. The number of thiocarbonyl (C=S) groups is 1. The summed E-state index contributed by atoms with van der Waals surface area (Å²) in [6.45, 7) is 4.79. The van der Waals surface area contributed by atoms with Gasteiger partial charge in [-0.15, -0.1) is 0 Å². The van der Waals surface area contributed by atoms with Crippen molar-refractivity contribution < 1.29 is 9.47 Å². The molecule has 0 amide bonds. The van der Waals surface area contributed by atoms with Gasteiger partial charge < -0.3 is 24.7 Å². The molecule has 1 heterocycles. The third-order valence-corrected chi connectivity index (χ3v) is 5.77. The number of ether oxygens (including phenoxy) is 2. The van der Waals surface area contributed by atoms with E-state index in [0.717, 1.165) is 45.9 Å². The highest BCUT2D eigenvalue weighted by Crippen LogP contribution is 2.26. The fraction of sp³-hybridized carbons (Fsp3) is 0.348. The summed E-state index contributed by atoms with van der Waals surface area (Å²) in [5.41, 5.74) is 4.61. The van der Waals surface area contributed by atoms with E-state index in [0.29, 0.717) is 24.8 Å². The molecule has 2 aromatic carbocycles. The number of para-hydroxylation sites is 1. The predicted molar refractivity (Wildman–Crippen MR) is 128 cm³/mol. The Kier molecular flexibility index (Phi) is 7.96. The summed E-state index contributed by atoms with van der Waals surface area (Å²) in [4.78, 5) is 5.63. The second kappa shape index (κ2) is 10.7. The number of nitrogens with zero attached hydrogens (tertiary/aromatic N) is 1. The molecule has 0 spiro atoms. The maximum Gasteiger partial charge on any atom is 0.169 e. The molecule has 0 saturated heterocycles. The smallest absolute Gasteiger partial charge is 0.169 e. The molecule has 5 nitrogen and oxygen atoms in total. The predicted octanol–water partition coefficient (Wildman–Crippen LogP) is 4.70. The third kappa shape index (κ3) is 5.45. The SMILES string of the molecule is COCCNC(=S)N(CCc1c(C)[nH]c2ccc(Cl)cc12)Cc1ccccc1OC. The van der Waals surface area contributed by atoms with E-state index in [-0.39, 0.29) is 0 Å². The van der Waals surface area contributed by atoms with Gasteiger partial charge in [0.2, 0.25) is 0 Å². The Morgan fingerprint density at radius 2 is 2.00 bits per heavy atom. The minimum atomic E-state index is 0.600. The quantitative estimate of drug-likeness (QED) is 0.369. The summed E-state index contributed by atoms with van der Waals surface area (Å²) in [5, 5.41) is 5.90. The molecule has 0 atom stereocenters. The van der Waals surface area contributed by atoms with E-state index in [1.54, 1.807) is 14.2 Å². The Labute approximate surface area is 188 Å². The lowest BCUT2D eigenvalue weighted by Gasteiger charge is -2.27. The van der Waals surface area contributed by atoms with Crippen molar-refractivity contribution in [2.75, 3.05) is 33.9 Å². The Morgan fingerprint density at radius 1 is 1.20 bits per heavy atom. The number of hydrogen-bond acceptors (Lipinski definition) is 3. The van der Waals surface area contributed by atoms with Crippen molar-refractivity contribution in [3.05, 3.63) is 64.3 Å². The molecule has 0 unspecified atom stereocenters.